The Hall–Kier alpha value is -4.89. The van der Waals surface area contributed by atoms with Crippen LogP contribution in [0.4, 0.5) is 17.1 Å². The van der Waals surface area contributed by atoms with E-state index in [1.807, 2.05) is 25.1 Å². The van der Waals surface area contributed by atoms with Crippen molar-refractivity contribution in [2.75, 3.05) is 12.0 Å². The molecule has 6 rings (SSSR count). The van der Waals surface area contributed by atoms with E-state index >= 15 is 0 Å². The van der Waals surface area contributed by atoms with Crippen LogP contribution in [-0.2, 0) is 9.53 Å². The lowest BCUT2D eigenvalue weighted by molar-refractivity contribution is -0.111. The van der Waals surface area contributed by atoms with Gasteiger partial charge in [-0.3, -0.25) is 4.79 Å². The Morgan fingerprint density at radius 1 is 0.615 bits per heavy atom. The second-order valence-electron chi connectivity index (χ2n) is 9.71. The molecule has 0 aliphatic carbocycles. The number of methoxy groups -OCH3 is 1. The van der Waals surface area contributed by atoms with E-state index in [0.717, 1.165) is 44.2 Å². The Bertz CT molecular complexity index is 1880. The minimum absolute atomic E-state index is 0.0227. The van der Waals surface area contributed by atoms with Gasteiger partial charge in [-0.25, -0.2) is 0 Å². The first-order chi connectivity index (χ1) is 19.1. The first kappa shape index (κ1) is 24.4. The van der Waals surface area contributed by atoms with Gasteiger partial charge in [0.25, 0.3) is 0 Å². The summed E-state index contributed by atoms with van der Waals surface area (Å²) in [6.07, 6.45) is 0. The molecule has 0 N–H and O–H groups in total. The van der Waals surface area contributed by atoms with Crippen LogP contribution in [0.3, 0.4) is 0 Å². The van der Waals surface area contributed by atoms with Gasteiger partial charge >= 0.3 is 0 Å². The second kappa shape index (κ2) is 10.1. The molecule has 0 atom stereocenters. The van der Waals surface area contributed by atoms with Gasteiger partial charge in [-0.1, -0.05) is 97.1 Å². The summed E-state index contributed by atoms with van der Waals surface area (Å²) in [7, 11) is 1.61. The average Bonchev–Trinajstić information content (AvgIpc) is 2.97. The first-order valence-electron chi connectivity index (χ1n) is 13.1. The second-order valence-corrected chi connectivity index (χ2v) is 9.71. The number of Topliss-reactive ketones (excluding diaryl/α,β-unsaturated/α-hetero) is 1. The number of carbonyl (C=O) groups is 1. The topological polar surface area (TPSA) is 29.5 Å². The fourth-order valence-electron chi connectivity index (χ4n) is 5.62. The summed E-state index contributed by atoms with van der Waals surface area (Å²) >= 11 is 0. The maximum Gasteiger partial charge on any atom is 0.163 e. The third-order valence-electron chi connectivity index (χ3n) is 7.40. The van der Waals surface area contributed by atoms with Crippen LogP contribution in [0.1, 0.15) is 19.4 Å². The van der Waals surface area contributed by atoms with Crippen molar-refractivity contribution in [1.29, 1.82) is 0 Å². The van der Waals surface area contributed by atoms with Gasteiger partial charge in [-0.05, 0) is 59.8 Å². The molecule has 6 aromatic rings. The highest BCUT2D eigenvalue weighted by molar-refractivity contribution is 6.26. The Morgan fingerprint density at radius 2 is 1.23 bits per heavy atom. The van der Waals surface area contributed by atoms with Crippen molar-refractivity contribution in [3.05, 3.63) is 133 Å². The summed E-state index contributed by atoms with van der Waals surface area (Å²) in [5.74, 6) is 0.587. The molecule has 0 heterocycles. The number of benzene rings is 6. The zero-order chi connectivity index (χ0) is 26.9. The van der Waals surface area contributed by atoms with E-state index in [-0.39, 0.29) is 5.78 Å². The fraction of sp³-hybridized carbons (Fsp3) is 0.0833. The lowest BCUT2D eigenvalue weighted by atomic mass is 9.91. The van der Waals surface area contributed by atoms with E-state index in [1.165, 1.54) is 10.8 Å². The summed E-state index contributed by atoms with van der Waals surface area (Å²) in [4.78, 5) is 15.3. The molecule has 0 radical (unpaired) electrons. The predicted octanol–water partition coefficient (Wildman–Crippen LogP) is 9.58. The Morgan fingerprint density at radius 3 is 1.97 bits per heavy atom. The van der Waals surface area contributed by atoms with Gasteiger partial charge in [0.2, 0.25) is 0 Å². The monoisotopic (exact) mass is 507 g/mol. The average molecular weight is 508 g/mol. The van der Waals surface area contributed by atoms with Gasteiger partial charge in [0.1, 0.15) is 5.76 Å². The van der Waals surface area contributed by atoms with E-state index in [0.29, 0.717) is 11.3 Å². The largest absolute Gasteiger partial charge is 0.501 e. The Kier molecular flexibility index (Phi) is 6.34. The van der Waals surface area contributed by atoms with Gasteiger partial charge < -0.3 is 9.64 Å². The van der Waals surface area contributed by atoms with Gasteiger partial charge in [0, 0.05) is 21.8 Å². The molecule has 0 aromatic heterocycles. The van der Waals surface area contributed by atoms with Crippen molar-refractivity contribution in [3.63, 3.8) is 0 Å². The molecule has 190 valence electrons. The Labute approximate surface area is 228 Å². The molecule has 0 aliphatic rings. The van der Waals surface area contributed by atoms with Crippen LogP contribution in [0.2, 0.25) is 0 Å². The van der Waals surface area contributed by atoms with E-state index in [2.05, 4.69) is 108 Å². The van der Waals surface area contributed by atoms with Crippen LogP contribution in [0, 0.1) is 0 Å². The number of carbonyl (C=O) groups excluding carboxylic acids is 1. The number of ketones is 1. The number of allylic oxidation sites excluding steroid dienone is 2. The summed E-state index contributed by atoms with van der Waals surface area (Å²) in [6.45, 7) is 3.45. The first-order valence-corrected chi connectivity index (χ1v) is 13.1. The molecular weight excluding hydrogens is 478 g/mol. The van der Waals surface area contributed by atoms with E-state index in [4.69, 9.17) is 4.74 Å². The molecule has 0 aliphatic heterocycles. The van der Waals surface area contributed by atoms with Gasteiger partial charge in [-0.2, -0.15) is 0 Å². The number of hydrogen-bond donors (Lipinski definition) is 0. The minimum atomic E-state index is -0.0227. The summed E-state index contributed by atoms with van der Waals surface area (Å²) in [5, 5.41) is 6.65. The van der Waals surface area contributed by atoms with Crippen molar-refractivity contribution in [2.45, 2.75) is 13.8 Å². The third-order valence-corrected chi connectivity index (χ3v) is 7.40. The summed E-state index contributed by atoms with van der Waals surface area (Å²) in [6, 6.07) is 42.3. The van der Waals surface area contributed by atoms with Crippen molar-refractivity contribution in [3.8, 4) is 0 Å². The summed E-state index contributed by atoms with van der Waals surface area (Å²) in [5.41, 5.74) is 4.70. The SMILES string of the molecule is CO/C(C)=C(\C(C)=O)c1cccc2c(N(c3ccccc3)c3cccc4ccccc34)c3ccccc3cc12. The maximum absolute atomic E-state index is 12.9. The van der Waals surface area contributed by atoms with Crippen LogP contribution in [0.15, 0.2) is 127 Å². The number of ether oxygens (including phenoxy) is 1. The molecule has 0 saturated heterocycles. The number of hydrogen-bond acceptors (Lipinski definition) is 3. The minimum Gasteiger partial charge on any atom is -0.501 e. The molecule has 39 heavy (non-hydrogen) atoms. The quantitative estimate of drug-likeness (QED) is 0.128. The van der Waals surface area contributed by atoms with Crippen LogP contribution >= 0.6 is 0 Å². The van der Waals surface area contributed by atoms with Crippen LogP contribution < -0.4 is 4.90 Å². The van der Waals surface area contributed by atoms with E-state index in [9.17, 15) is 4.79 Å². The van der Waals surface area contributed by atoms with Crippen molar-refractivity contribution < 1.29 is 9.53 Å². The molecule has 3 nitrogen and oxygen atoms in total. The molecule has 0 fully saturated rings. The highest BCUT2D eigenvalue weighted by Crippen LogP contribution is 2.46. The maximum atomic E-state index is 12.9. The number of nitrogens with zero attached hydrogens (tertiary/aromatic N) is 1. The predicted molar refractivity (Wildman–Crippen MR) is 164 cm³/mol. The molecule has 0 amide bonds. The molecule has 0 bridgehead atoms. The van der Waals surface area contributed by atoms with Crippen LogP contribution in [-0.4, -0.2) is 12.9 Å². The lowest BCUT2D eigenvalue weighted by Crippen LogP contribution is -2.12. The van der Waals surface area contributed by atoms with Gasteiger partial charge in [0.15, 0.2) is 5.78 Å². The number of fused-ring (bicyclic) bond motifs is 3. The molecular formula is C36H29NO2. The highest BCUT2D eigenvalue weighted by Gasteiger charge is 2.23. The van der Waals surface area contributed by atoms with Crippen LogP contribution in [0.5, 0.6) is 0 Å². The van der Waals surface area contributed by atoms with Crippen LogP contribution in [0.25, 0.3) is 37.9 Å². The van der Waals surface area contributed by atoms with E-state index < -0.39 is 0 Å². The van der Waals surface area contributed by atoms with Crippen molar-refractivity contribution >= 4 is 60.7 Å². The number of rotatable bonds is 6. The van der Waals surface area contributed by atoms with E-state index in [1.54, 1.807) is 14.0 Å². The zero-order valence-corrected chi connectivity index (χ0v) is 22.3. The smallest absolute Gasteiger partial charge is 0.163 e. The summed E-state index contributed by atoms with van der Waals surface area (Å²) < 4.78 is 5.58. The lowest BCUT2D eigenvalue weighted by Gasteiger charge is -2.30. The van der Waals surface area contributed by atoms with Gasteiger partial charge in [0.05, 0.1) is 24.1 Å². The third kappa shape index (κ3) is 4.22. The zero-order valence-electron chi connectivity index (χ0n) is 22.3. The molecule has 3 heteroatoms. The fourth-order valence-corrected chi connectivity index (χ4v) is 5.62. The van der Waals surface area contributed by atoms with Gasteiger partial charge in [-0.15, -0.1) is 0 Å². The number of para-hydroxylation sites is 1. The van der Waals surface area contributed by atoms with Crippen molar-refractivity contribution in [1.82, 2.24) is 0 Å². The number of anilines is 3. The Balaban J connectivity index is 1.79. The molecule has 0 unspecified atom stereocenters. The van der Waals surface area contributed by atoms with Crippen molar-refractivity contribution in [2.24, 2.45) is 0 Å². The molecule has 0 saturated carbocycles. The highest BCUT2D eigenvalue weighted by atomic mass is 16.5. The molecule has 0 spiro atoms. The molecule has 6 aromatic carbocycles. The standard InChI is InChI=1S/C36H29NO2/c1-24(38)35(25(2)39-3)31-20-12-21-32-33(31)23-27-14-8-10-19-30(27)36(32)37(28-16-5-4-6-17-28)34-22-11-15-26-13-7-9-18-29(26)34/h4-23H,1-3H3/b35-25+. The normalized spacial score (nSPS) is 12.0.